The van der Waals surface area contributed by atoms with E-state index in [-0.39, 0.29) is 17.9 Å². The molecule has 2 rings (SSSR count). The van der Waals surface area contributed by atoms with Crippen molar-refractivity contribution in [3.8, 4) is 5.75 Å². The van der Waals surface area contributed by atoms with Gasteiger partial charge in [-0.25, -0.2) is 0 Å². The molecule has 5 nitrogen and oxygen atoms in total. The first-order chi connectivity index (χ1) is 10.2. The van der Waals surface area contributed by atoms with Crippen molar-refractivity contribution in [2.24, 2.45) is 0 Å². The average molecular weight is 290 g/mol. The van der Waals surface area contributed by atoms with Crippen LogP contribution in [0.25, 0.3) is 0 Å². The molecular formula is C16H22N2O3. The fourth-order valence-electron chi connectivity index (χ4n) is 2.41. The van der Waals surface area contributed by atoms with Gasteiger partial charge in [-0.3, -0.25) is 9.59 Å². The molecular weight excluding hydrogens is 268 g/mol. The van der Waals surface area contributed by atoms with Gasteiger partial charge in [0.15, 0.2) is 0 Å². The first-order valence-corrected chi connectivity index (χ1v) is 7.39. The second-order valence-electron chi connectivity index (χ2n) is 5.25. The summed E-state index contributed by atoms with van der Waals surface area (Å²) < 4.78 is 5.10. The minimum absolute atomic E-state index is 0.0252. The minimum atomic E-state index is -0.379. The Bertz CT molecular complexity index is 485. The van der Waals surface area contributed by atoms with Crippen molar-refractivity contribution in [1.82, 2.24) is 10.6 Å². The fourth-order valence-corrected chi connectivity index (χ4v) is 2.41. The molecule has 0 bridgehead atoms. The minimum Gasteiger partial charge on any atom is -0.497 e. The van der Waals surface area contributed by atoms with Gasteiger partial charge in [0.2, 0.25) is 11.8 Å². The van der Waals surface area contributed by atoms with Crippen molar-refractivity contribution in [2.45, 2.75) is 38.1 Å². The Morgan fingerprint density at radius 1 is 1.33 bits per heavy atom. The van der Waals surface area contributed by atoms with Gasteiger partial charge in [0, 0.05) is 13.0 Å². The van der Waals surface area contributed by atoms with Gasteiger partial charge in [0.25, 0.3) is 0 Å². The topological polar surface area (TPSA) is 67.4 Å². The molecule has 21 heavy (non-hydrogen) atoms. The van der Waals surface area contributed by atoms with E-state index in [2.05, 4.69) is 10.6 Å². The Kier molecular flexibility index (Phi) is 5.60. The van der Waals surface area contributed by atoms with Crippen LogP contribution in [0.1, 0.15) is 31.2 Å². The first-order valence-electron chi connectivity index (χ1n) is 7.39. The van der Waals surface area contributed by atoms with E-state index in [1.165, 1.54) is 0 Å². The van der Waals surface area contributed by atoms with E-state index in [0.29, 0.717) is 13.0 Å². The summed E-state index contributed by atoms with van der Waals surface area (Å²) in [5.41, 5.74) is 1.14. The number of methoxy groups -OCH3 is 1. The van der Waals surface area contributed by atoms with Gasteiger partial charge >= 0.3 is 0 Å². The average Bonchev–Trinajstić information content (AvgIpc) is 2.72. The zero-order valence-electron chi connectivity index (χ0n) is 12.4. The molecule has 1 aromatic rings. The van der Waals surface area contributed by atoms with Gasteiger partial charge in [-0.15, -0.1) is 0 Å². The lowest BCUT2D eigenvalue weighted by Gasteiger charge is -2.15. The molecule has 1 saturated heterocycles. The number of hydrogen-bond donors (Lipinski definition) is 2. The zero-order chi connectivity index (χ0) is 15.1. The van der Waals surface area contributed by atoms with Gasteiger partial charge < -0.3 is 15.4 Å². The molecule has 0 aromatic heterocycles. The summed E-state index contributed by atoms with van der Waals surface area (Å²) in [5.74, 6) is 0.713. The van der Waals surface area contributed by atoms with Crippen LogP contribution in [0, 0.1) is 0 Å². The molecule has 0 spiro atoms. The van der Waals surface area contributed by atoms with Gasteiger partial charge in [-0.05, 0) is 37.0 Å². The van der Waals surface area contributed by atoms with Crippen LogP contribution in [0.3, 0.4) is 0 Å². The highest BCUT2D eigenvalue weighted by molar-refractivity contribution is 5.87. The number of amides is 2. The molecule has 0 radical (unpaired) electrons. The Morgan fingerprint density at radius 3 is 2.81 bits per heavy atom. The molecule has 5 heteroatoms. The maximum atomic E-state index is 12.0. The third-order valence-electron chi connectivity index (χ3n) is 3.67. The van der Waals surface area contributed by atoms with E-state index in [4.69, 9.17) is 4.74 Å². The zero-order valence-corrected chi connectivity index (χ0v) is 12.4. The standard InChI is InChI=1S/C16H22N2O3/c1-21-13-8-6-12(7-9-13)10-11-17-16(20)14-4-2-3-5-15(19)18-14/h6-9,14H,2-5,10-11H2,1H3,(H,17,20)(H,18,19)/t14-/m1/s1. The van der Waals surface area contributed by atoms with Gasteiger partial charge in [0.1, 0.15) is 11.8 Å². The smallest absolute Gasteiger partial charge is 0.242 e. The van der Waals surface area contributed by atoms with E-state index in [9.17, 15) is 9.59 Å². The van der Waals surface area contributed by atoms with Crippen LogP contribution in [0.2, 0.25) is 0 Å². The summed E-state index contributed by atoms with van der Waals surface area (Å²) in [5, 5.41) is 5.67. The van der Waals surface area contributed by atoms with Crippen molar-refractivity contribution in [3.63, 3.8) is 0 Å². The molecule has 2 N–H and O–H groups in total. The van der Waals surface area contributed by atoms with Crippen molar-refractivity contribution >= 4 is 11.8 Å². The molecule has 0 aliphatic carbocycles. The summed E-state index contributed by atoms with van der Waals surface area (Å²) in [6.07, 6.45) is 3.78. The molecule has 1 atom stereocenters. The Hall–Kier alpha value is -2.04. The summed E-state index contributed by atoms with van der Waals surface area (Å²) in [7, 11) is 1.64. The van der Waals surface area contributed by atoms with Crippen LogP contribution < -0.4 is 15.4 Å². The quantitative estimate of drug-likeness (QED) is 0.861. The van der Waals surface area contributed by atoms with Gasteiger partial charge in [-0.2, -0.15) is 0 Å². The molecule has 1 aromatic carbocycles. The number of carbonyl (C=O) groups excluding carboxylic acids is 2. The van der Waals surface area contributed by atoms with E-state index in [1.54, 1.807) is 7.11 Å². The maximum absolute atomic E-state index is 12.0. The summed E-state index contributed by atoms with van der Waals surface area (Å²) in [4.78, 5) is 23.5. The van der Waals surface area contributed by atoms with Crippen molar-refractivity contribution in [2.75, 3.05) is 13.7 Å². The van der Waals surface area contributed by atoms with E-state index in [0.717, 1.165) is 37.0 Å². The van der Waals surface area contributed by atoms with E-state index < -0.39 is 0 Å². The van der Waals surface area contributed by atoms with E-state index in [1.807, 2.05) is 24.3 Å². The molecule has 0 unspecified atom stereocenters. The normalized spacial score (nSPS) is 18.5. The van der Waals surface area contributed by atoms with Crippen molar-refractivity contribution < 1.29 is 14.3 Å². The molecule has 0 saturated carbocycles. The maximum Gasteiger partial charge on any atom is 0.242 e. The predicted molar refractivity (Wildman–Crippen MR) is 80.1 cm³/mol. The molecule has 1 aliphatic heterocycles. The number of rotatable bonds is 5. The predicted octanol–water partition coefficient (Wildman–Crippen LogP) is 1.41. The molecule has 1 aliphatic rings. The summed E-state index contributed by atoms with van der Waals surface area (Å²) in [6, 6.07) is 7.40. The van der Waals surface area contributed by atoms with Crippen molar-refractivity contribution in [3.05, 3.63) is 29.8 Å². The molecule has 2 amide bonds. The second-order valence-corrected chi connectivity index (χ2v) is 5.25. The lowest BCUT2D eigenvalue weighted by molar-refractivity contribution is -0.128. The highest BCUT2D eigenvalue weighted by Gasteiger charge is 2.22. The Morgan fingerprint density at radius 2 is 2.10 bits per heavy atom. The van der Waals surface area contributed by atoms with Crippen LogP contribution in [-0.2, 0) is 16.0 Å². The van der Waals surface area contributed by atoms with Crippen LogP contribution in [-0.4, -0.2) is 31.5 Å². The van der Waals surface area contributed by atoms with Gasteiger partial charge in [-0.1, -0.05) is 18.6 Å². The van der Waals surface area contributed by atoms with E-state index >= 15 is 0 Å². The van der Waals surface area contributed by atoms with Crippen molar-refractivity contribution in [1.29, 1.82) is 0 Å². The summed E-state index contributed by atoms with van der Waals surface area (Å²) in [6.45, 7) is 0.567. The third kappa shape index (κ3) is 4.77. The number of nitrogens with one attached hydrogen (secondary N) is 2. The van der Waals surface area contributed by atoms with Gasteiger partial charge in [0.05, 0.1) is 7.11 Å². The third-order valence-corrected chi connectivity index (χ3v) is 3.67. The lowest BCUT2D eigenvalue weighted by Crippen LogP contribution is -2.46. The van der Waals surface area contributed by atoms with Crippen LogP contribution in [0.15, 0.2) is 24.3 Å². The largest absolute Gasteiger partial charge is 0.497 e. The second kappa shape index (κ2) is 7.67. The fraction of sp³-hybridized carbons (Fsp3) is 0.500. The molecule has 1 fully saturated rings. The first kappa shape index (κ1) is 15.4. The van der Waals surface area contributed by atoms with Crippen LogP contribution in [0.4, 0.5) is 0 Å². The highest BCUT2D eigenvalue weighted by atomic mass is 16.5. The highest BCUT2D eigenvalue weighted by Crippen LogP contribution is 2.12. The molecule has 1 heterocycles. The number of hydrogen-bond acceptors (Lipinski definition) is 3. The molecule has 114 valence electrons. The SMILES string of the molecule is COc1ccc(CCNC(=O)[C@H]2CCCCC(=O)N2)cc1. The number of carbonyl (C=O) groups is 2. The monoisotopic (exact) mass is 290 g/mol. The number of benzene rings is 1. The Balaban J connectivity index is 1.76. The summed E-state index contributed by atoms with van der Waals surface area (Å²) >= 11 is 0. The lowest BCUT2D eigenvalue weighted by atomic mass is 10.1. The van der Waals surface area contributed by atoms with Crippen LogP contribution in [0.5, 0.6) is 5.75 Å². The number of ether oxygens (including phenoxy) is 1. The van der Waals surface area contributed by atoms with Crippen LogP contribution >= 0.6 is 0 Å². The Labute approximate surface area is 125 Å².